The topological polar surface area (TPSA) is 63.5 Å². The Morgan fingerprint density at radius 3 is 2.68 bits per heavy atom. The molecule has 3 heterocycles. The lowest BCUT2D eigenvalue weighted by molar-refractivity contribution is -0.187. The van der Waals surface area contributed by atoms with Crippen LogP contribution in [0.3, 0.4) is 0 Å². The number of nitrogens with zero attached hydrogens (tertiary/aromatic N) is 5. The molecule has 3 aliphatic rings. The van der Waals surface area contributed by atoms with E-state index in [9.17, 15) is 18.0 Å². The number of carbonyl (C=O) groups is 1. The summed E-state index contributed by atoms with van der Waals surface area (Å²) in [7, 11) is 0. The van der Waals surface area contributed by atoms with Crippen molar-refractivity contribution in [2.24, 2.45) is 5.92 Å². The van der Waals surface area contributed by atoms with Gasteiger partial charge in [0.25, 0.3) is 0 Å². The van der Waals surface area contributed by atoms with Crippen LogP contribution in [0, 0.1) is 17.4 Å². The molecule has 1 aromatic heterocycles. The standard InChI is InChI=1S/C18H22F3N5OS/c19-18(20,21)13-4-2-1-3-12(13)15-9-23-17(28-15)26-8-7-25-6-5-24(11-22)10-14(25)16(26)27/h9,12-14H,1-8,10H2/t12-,13-,14?/m1/s1. The number of hydrogen-bond donors (Lipinski definition) is 0. The Bertz CT molecular complexity index is 776. The van der Waals surface area contributed by atoms with Gasteiger partial charge in [0.1, 0.15) is 6.04 Å². The van der Waals surface area contributed by atoms with Gasteiger partial charge in [-0.1, -0.05) is 12.8 Å². The molecule has 1 unspecified atom stereocenters. The SMILES string of the molecule is N#CN1CCN2CCN(c3ncc([C@@H]4CCCC[C@H]4C(F)(F)F)s3)C(=O)C2C1. The highest BCUT2D eigenvalue weighted by Crippen LogP contribution is 2.48. The molecule has 0 radical (unpaired) electrons. The van der Waals surface area contributed by atoms with E-state index >= 15 is 0 Å². The van der Waals surface area contributed by atoms with Crippen LogP contribution in [0.25, 0.3) is 0 Å². The zero-order valence-corrected chi connectivity index (χ0v) is 16.2. The van der Waals surface area contributed by atoms with Crippen molar-refractivity contribution in [3.8, 4) is 6.19 Å². The predicted octanol–water partition coefficient (Wildman–Crippen LogP) is 2.79. The van der Waals surface area contributed by atoms with Crippen LogP contribution in [0.1, 0.15) is 36.5 Å². The highest BCUT2D eigenvalue weighted by atomic mass is 32.1. The highest BCUT2D eigenvalue weighted by molar-refractivity contribution is 7.15. The van der Waals surface area contributed by atoms with Crippen LogP contribution >= 0.6 is 11.3 Å². The van der Waals surface area contributed by atoms with Gasteiger partial charge in [0.05, 0.1) is 12.5 Å². The van der Waals surface area contributed by atoms with Crippen LogP contribution in [0.4, 0.5) is 18.3 Å². The van der Waals surface area contributed by atoms with Crippen molar-refractivity contribution in [3.05, 3.63) is 11.1 Å². The van der Waals surface area contributed by atoms with E-state index < -0.39 is 24.1 Å². The first-order valence-corrected chi connectivity index (χ1v) is 10.4. The van der Waals surface area contributed by atoms with E-state index in [1.54, 1.807) is 9.80 Å². The van der Waals surface area contributed by atoms with Gasteiger partial charge >= 0.3 is 6.18 Å². The van der Waals surface area contributed by atoms with Crippen molar-refractivity contribution in [1.82, 2.24) is 14.8 Å². The third-order valence-electron chi connectivity index (χ3n) is 6.09. The van der Waals surface area contributed by atoms with E-state index in [-0.39, 0.29) is 12.3 Å². The zero-order chi connectivity index (χ0) is 19.9. The molecular weight excluding hydrogens is 391 g/mol. The van der Waals surface area contributed by atoms with Crippen molar-refractivity contribution >= 4 is 22.4 Å². The number of alkyl halides is 3. The quantitative estimate of drug-likeness (QED) is 0.698. The number of anilines is 1. The first-order valence-electron chi connectivity index (χ1n) is 9.61. The minimum atomic E-state index is -4.21. The molecule has 3 atom stereocenters. The summed E-state index contributed by atoms with van der Waals surface area (Å²) in [6.07, 6.45) is 1.46. The van der Waals surface area contributed by atoms with Crippen LogP contribution in [0.2, 0.25) is 0 Å². The second-order valence-corrected chi connectivity index (χ2v) is 8.71. The summed E-state index contributed by atoms with van der Waals surface area (Å²) >= 11 is 1.21. The van der Waals surface area contributed by atoms with E-state index in [0.29, 0.717) is 55.6 Å². The van der Waals surface area contributed by atoms with Crippen LogP contribution in [-0.2, 0) is 4.79 Å². The smallest absolute Gasteiger partial charge is 0.307 e. The Morgan fingerprint density at radius 1 is 1.18 bits per heavy atom. The van der Waals surface area contributed by atoms with Gasteiger partial charge in [-0.05, 0) is 12.8 Å². The molecule has 4 rings (SSSR count). The van der Waals surface area contributed by atoms with Gasteiger partial charge in [0, 0.05) is 43.2 Å². The minimum absolute atomic E-state index is 0.122. The van der Waals surface area contributed by atoms with E-state index in [4.69, 9.17) is 5.26 Å². The lowest BCUT2D eigenvalue weighted by Gasteiger charge is -2.44. The summed E-state index contributed by atoms with van der Waals surface area (Å²) < 4.78 is 40.3. The summed E-state index contributed by atoms with van der Waals surface area (Å²) in [6.45, 7) is 2.78. The fraction of sp³-hybridized carbons (Fsp3) is 0.722. The van der Waals surface area contributed by atoms with Crippen LogP contribution in [0.15, 0.2) is 6.20 Å². The molecular formula is C18H22F3N5OS. The second kappa shape index (κ2) is 7.52. The Kier molecular flexibility index (Phi) is 5.22. The lowest BCUT2D eigenvalue weighted by atomic mass is 9.78. The summed E-state index contributed by atoms with van der Waals surface area (Å²) in [5, 5.41) is 9.59. The van der Waals surface area contributed by atoms with Gasteiger partial charge in [0.15, 0.2) is 11.3 Å². The molecule has 3 fully saturated rings. The second-order valence-electron chi connectivity index (χ2n) is 7.67. The molecule has 0 spiro atoms. The van der Waals surface area contributed by atoms with Gasteiger partial charge in [-0.25, -0.2) is 4.98 Å². The normalized spacial score (nSPS) is 29.5. The molecule has 2 aliphatic heterocycles. The maximum Gasteiger partial charge on any atom is 0.392 e. The molecule has 10 heteroatoms. The van der Waals surface area contributed by atoms with Gasteiger partial charge in [0.2, 0.25) is 5.91 Å². The third kappa shape index (κ3) is 3.57. The predicted molar refractivity (Wildman–Crippen MR) is 97.8 cm³/mol. The average Bonchev–Trinajstić information content (AvgIpc) is 3.17. The Labute approximate surface area is 165 Å². The largest absolute Gasteiger partial charge is 0.392 e. The lowest BCUT2D eigenvalue weighted by Crippen LogP contribution is -2.64. The Hall–Kier alpha value is -1.86. The number of thiazole rings is 1. The number of aromatic nitrogens is 1. The van der Waals surface area contributed by atoms with Gasteiger partial charge < -0.3 is 4.90 Å². The van der Waals surface area contributed by atoms with Crippen LogP contribution < -0.4 is 4.90 Å². The van der Waals surface area contributed by atoms with Crippen molar-refractivity contribution in [2.75, 3.05) is 37.6 Å². The number of fused-ring (bicyclic) bond motifs is 1. The maximum atomic E-state index is 13.4. The number of amides is 1. The number of hydrogen-bond acceptors (Lipinski definition) is 6. The summed E-state index contributed by atoms with van der Waals surface area (Å²) in [6, 6.07) is -0.396. The molecule has 2 saturated heterocycles. The van der Waals surface area contributed by atoms with Crippen LogP contribution in [0.5, 0.6) is 0 Å². The maximum absolute atomic E-state index is 13.4. The van der Waals surface area contributed by atoms with E-state index in [1.165, 1.54) is 17.5 Å². The van der Waals surface area contributed by atoms with Gasteiger partial charge in [-0.15, -0.1) is 11.3 Å². The molecule has 1 amide bonds. The molecule has 1 aliphatic carbocycles. The fourth-order valence-corrected chi connectivity index (χ4v) is 5.70. The van der Waals surface area contributed by atoms with E-state index in [1.807, 2.05) is 0 Å². The summed E-state index contributed by atoms with van der Waals surface area (Å²) in [5.41, 5.74) is 0. The van der Waals surface area contributed by atoms with Crippen molar-refractivity contribution in [2.45, 2.75) is 43.8 Å². The summed E-state index contributed by atoms with van der Waals surface area (Å²) in [4.78, 5) is 23.1. The monoisotopic (exact) mass is 413 g/mol. The Morgan fingerprint density at radius 2 is 1.93 bits per heavy atom. The molecule has 152 valence electrons. The van der Waals surface area contributed by atoms with Crippen molar-refractivity contribution < 1.29 is 18.0 Å². The molecule has 28 heavy (non-hydrogen) atoms. The number of halogens is 3. The molecule has 1 saturated carbocycles. The first-order chi connectivity index (χ1) is 13.4. The average molecular weight is 413 g/mol. The fourth-order valence-electron chi connectivity index (χ4n) is 4.56. The number of nitriles is 1. The highest BCUT2D eigenvalue weighted by Gasteiger charge is 2.47. The van der Waals surface area contributed by atoms with E-state index in [0.717, 1.165) is 6.42 Å². The van der Waals surface area contributed by atoms with E-state index in [2.05, 4.69) is 16.1 Å². The first kappa shape index (κ1) is 19.5. The third-order valence-corrected chi connectivity index (χ3v) is 7.24. The number of rotatable bonds is 2. The van der Waals surface area contributed by atoms with Crippen LogP contribution in [-0.4, -0.2) is 65.6 Å². The Balaban J connectivity index is 1.52. The van der Waals surface area contributed by atoms with Crippen molar-refractivity contribution in [1.29, 1.82) is 5.26 Å². The molecule has 0 aromatic carbocycles. The van der Waals surface area contributed by atoms with Gasteiger partial charge in [-0.2, -0.15) is 18.4 Å². The molecule has 1 aromatic rings. The number of carbonyl (C=O) groups excluding carboxylic acids is 1. The molecule has 0 bridgehead atoms. The van der Waals surface area contributed by atoms with Crippen molar-refractivity contribution in [3.63, 3.8) is 0 Å². The molecule has 6 nitrogen and oxygen atoms in total. The molecule has 0 N–H and O–H groups in total. The minimum Gasteiger partial charge on any atom is -0.307 e. The summed E-state index contributed by atoms with van der Waals surface area (Å²) in [5.74, 6) is -2.02. The number of piperazine rings is 2. The zero-order valence-electron chi connectivity index (χ0n) is 15.4. The van der Waals surface area contributed by atoms with Gasteiger partial charge in [-0.3, -0.25) is 14.6 Å².